The molecule has 0 atom stereocenters. The molecule has 0 saturated carbocycles. The van der Waals surface area contributed by atoms with E-state index in [9.17, 15) is 9.59 Å². The number of carbonyl (C=O) groups excluding carboxylic acids is 1. The number of aliphatic carboxylic acids is 1. The molecule has 0 radical (unpaired) electrons. The molecule has 1 N–H and O–H groups in total. The lowest BCUT2D eigenvalue weighted by Crippen LogP contribution is -2.05. The summed E-state index contributed by atoms with van der Waals surface area (Å²) in [7, 11) is 0. The van der Waals surface area contributed by atoms with Crippen LogP contribution in [0, 0.1) is 0 Å². The number of halogens is 1. The predicted octanol–water partition coefficient (Wildman–Crippen LogP) is 4.25. The Kier molecular flexibility index (Phi) is 4.93. The predicted molar refractivity (Wildman–Crippen MR) is 84.2 cm³/mol. The molecule has 22 heavy (non-hydrogen) atoms. The second-order valence-corrected chi connectivity index (χ2v) is 5.32. The van der Waals surface area contributed by atoms with Gasteiger partial charge in [0.15, 0.2) is 5.78 Å². The smallest absolute Gasteiger partial charge is 0.307 e. The topological polar surface area (TPSA) is 103 Å². The Hall–Kier alpha value is -2.63. The highest BCUT2D eigenvalue weighted by Crippen LogP contribution is 2.28. The molecular formula is C15H10BrN3O3. The Bertz CT molecular complexity index is 781. The summed E-state index contributed by atoms with van der Waals surface area (Å²) in [6.07, 6.45) is -0.324. The third kappa shape index (κ3) is 3.52. The maximum Gasteiger partial charge on any atom is 0.307 e. The van der Waals surface area contributed by atoms with Crippen LogP contribution in [-0.2, 0) is 11.2 Å². The number of carboxylic acids is 1. The molecule has 0 aliphatic heterocycles. The summed E-state index contributed by atoms with van der Waals surface area (Å²) in [5, 5.41) is 12.4. The van der Waals surface area contributed by atoms with Crippen molar-refractivity contribution in [1.82, 2.24) is 0 Å². The number of ketones is 1. The highest BCUT2D eigenvalue weighted by Gasteiger charge is 2.17. The van der Waals surface area contributed by atoms with Crippen molar-refractivity contribution in [2.45, 2.75) is 6.42 Å². The number of hydrogen-bond donors (Lipinski definition) is 1. The van der Waals surface area contributed by atoms with Crippen LogP contribution in [0.15, 0.2) is 52.1 Å². The molecule has 2 aromatic carbocycles. The van der Waals surface area contributed by atoms with Gasteiger partial charge in [0.25, 0.3) is 0 Å². The number of benzene rings is 2. The average molecular weight is 360 g/mol. The van der Waals surface area contributed by atoms with Gasteiger partial charge in [-0.05, 0) is 35.4 Å². The second-order valence-electron chi connectivity index (χ2n) is 4.41. The number of nitrogens with zero attached hydrogens (tertiary/aromatic N) is 3. The molecule has 0 heterocycles. The van der Waals surface area contributed by atoms with E-state index in [4.69, 9.17) is 10.6 Å². The molecule has 7 heteroatoms. The minimum Gasteiger partial charge on any atom is -0.481 e. The lowest BCUT2D eigenvalue weighted by atomic mass is 9.98. The van der Waals surface area contributed by atoms with Gasteiger partial charge < -0.3 is 5.11 Å². The lowest BCUT2D eigenvalue weighted by Gasteiger charge is -2.09. The van der Waals surface area contributed by atoms with Crippen molar-refractivity contribution in [2.24, 2.45) is 5.11 Å². The highest BCUT2D eigenvalue weighted by atomic mass is 79.9. The Labute approximate surface area is 134 Å². The number of carboxylic acid groups (broad SMARTS) is 1. The van der Waals surface area contributed by atoms with E-state index in [1.54, 1.807) is 30.3 Å². The van der Waals surface area contributed by atoms with E-state index in [1.807, 2.05) is 0 Å². The second kappa shape index (κ2) is 6.89. The number of hydrogen-bond acceptors (Lipinski definition) is 3. The van der Waals surface area contributed by atoms with E-state index in [0.717, 1.165) is 4.47 Å². The molecule has 0 spiro atoms. The van der Waals surface area contributed by atoms with Gasteiger partial charge in [0.2, 0.25) is 0 Å². The van der Waals surface area contributed by atoms with Gasteiger partial charge in [-0.2, -0.15) is 0 Å². The molecule has 0 bridgehead atoms. The van der Waals surface area contributed by atoms with E-state index in [0.29, 0.717) is 11.1 Å². The summed E-state index contributed by atoms with van der Waals surface area (Å²) >= 11 is 3.29. The molecule has 0 aliphatic rings. The largest absolute Gasteiger partial charge is 0.481 e. The fourth-order valence-corrected chi connectivity index (χ4v) is 2.26. The van der Waals surface area contributed by atoms with Crippen molar-refractivity contribution >= 4 is 33.4 Å². The number of carbonyl (C=O) groups is 2. The van der Waals surface area contributed by atoms with E-state index >= 15 is 0 Å². The van der Waals surface area contributed by atoms with E-state index in [2.05, 4.69) is 26.0 Å². The lowest BCUT2D eigenvalue weighted by molar-refractivity contribution is -0.136. The standard InChI is InChI=1S/C15H10BrN3O3/c16-11-6-4-9(5-7-11)15(22)12-3-1-2-10(8-13(20)21)14(12)18-19-17/h1-7H,8H2,(H,20,21). The van der Waals surface area contributed by atoms with Crippen LogP contribution >= 0.6 is 15.9 Å². The summed E-state index contributed by atoms with van der Waals surface area (Å²) in [6.45, 7) is 0. The van der Waals surface area contributed by atoms with Crippen LogP contribution < -0.4 is 0 Å². The first-order valence-corrected chi connectivity index (χ1v) is 7.01. The summed E-state index contributed by atoms with van der Waals surface area (Å²) in [4.78, 5) is 26.1. The zero-order valence-corrected chi connectivity index (χ0v) is 12.8. The molecular weight excluding hydrogens is 350 g/mol. The average Bonchev–Trinajstić information content (AvgIpc) is 2.49. The van der Waals surface area contributed by atoms with Gasteiger partial charge >= 0.3 is 5.97 Å². The van der Waals surface area contributed by atoms with Crippen molar-refractivity contribution in [1.29, 1.82) is 0 Å². The van der Waals surface area contributed by atoms with Crippen molar-refractivity contribution in [3.8, 4) is 0 Å². The van der Waals surface area contributed by atoms with Crippen LogP contribution in [0.4, 0.5) is 5.69 Å². The first-order valence-electron chi connectivity index (χ1n) is 6.22. The maximum atomic E-state index is 12.5. The van der Waals surface area contributed by atoms with E-state index in [-0.39, 0.29) is 23.5 Å². The Morgan fingerprint density at radius 3 is 2.45 bits per heavy atom. The van der Waals surface area contributed by atoms with Gasteiger partial charge in [-0.3, -0.25) is 9.59 Å². The summed E-state index contributed by atoms with van der Waals surface area (Å²) in [5.74, 6) is -1.40. The fourth-order valence-electron chi connectivity index (χ4n) is 2.00. The molecule has 6 nitrogen and oxygen atoms in total. The first-order chi connectivity index (χ1) is 10.5. The summed E-state index contributed by atoms with van der Waals surface area (Å²) < 4.78 is 0.832. The number of rotatable bonds is 5. The zero-order chi connectivity index (χ0) is 16.1. The van der Waals surface area contributed by atoms with Gasteiger partial charge in [-0.15, -0.1) is 0 Å². The fraction of sp³-hybridized carbons (Fsp3) is 0.0667. The molecule has 0 unspecified atom stereocenters. The molecule has 0 amide bonds. The Morgan fingerprint density at radius 2 is 1.86 bits per heavy atom. The normalized spacial score (nSPS) is 9.86. The van der Waals surface area contributed by atoms with Gasteiger partial charge in [0.05, 0.1) is 12.1 Å². The maximum absolute atomic E-state index is 12.5. The van der Waals surface area contributed by atoms with Crippen molar-refractivity contribution < 1.29 is 14.7 Å². The third-order valence-corrected chi connectivity index (χ3v) is 3.49. The Balaban J connectivity index is 2.54. The monoisotopic (exact) mass is 359 g/mol. The minimum absolute atomic E-state index is 0.0559. The molecule has 2 aromatic rings. The van der Waals surface area contributed by atoms with Gasteiger partial charge in [0.1, 0.15) is 0 Å². The van der Waals surface area contributed by atoms with Crippen LogP contribution in [0.5, 0.6) is 0 Å². The molecule has 0 aromatic heterocycles. The highest BCUT2D eigenvalue weighted by molar-refractivity contribution is 9.10. The van der Waals surface area contributed by atoms with Gasteiger partial charge in [-0.25, -0.2) is 0 Å². The summed E-state index contributed by atoms with van der Waals surface area (Å²) in [6, 6.07) is 11.3. The summed E-state index contributed by atoms with van der Waals surface area (Å²) in [5.41, 5.74) is 9.64. The zero-order valence-electron chi connectivity index (χ0n) is 11.2. The molecule has 2 rings (SSSR count). The first kappa shape index (κ1) is 15.8. The van der Waals surface area contributed by atoms with E-state index in [1.165, 1.54) is 12.1 Å². The van der Waals surface area contributed by atoms with Crippen molar-refractivity contribution in [2.75, 3.05) is 0 Å². The van der Waals surface area contributed by atoms with E-state index < -0.39 is 5.97 Å². The van der Waals surface area contributed by atoms with Crippen LogP contribution in [-0.4, -0.2) is 16.9 Å². The quantitative estimate of drug-likeness (QED) is 0.373. The van der Waals surface area contributed by atoms with Crippen LogP contribution in [0.1, 0.15) is 21.5 Å². The Morgan fingerprint density at radius 1 is 1.18 bits per heavy atom. The molecule has 0 aliphatic carbocycles. The van der Waals surface area contributed by atoms with Crippen molar-refractivity contribution in [3.63, 3.8) is 0 Å². The molecule has 0 fully saturated rings. The van der Waals surface area contributed by atoms with Crippen LogP contribution in [0.2, 0.25) is 0 Å². The van der Waals surface area contributed by atoms with Gasteiger partial charge in [-0.1, -0.05) is 39.2 Å². The van der Waals surface area contributed by atoms with Gasteiger partial charge in [0, 0.05) is 20.5 Å². The van der Waals surface area contributed by atoms with Crippen molar-refractivity contribution in [3.05, 3.63) is 74.1 Å². The minimum atomic E-state index is -1.07. The van der Waals surface area contributed by atoms with Crippen LogP contribution in [0.3, 0.4) is 0 Å². The molecule has 0 saturated heterocycles. The molecule has 110 valence electrons. The number of azide groups is 1. The SMILES string of the molecule is [N-]=[N+]=Nc1c(CC(=O)O)cccc1C(=O)c1ccc(Br)cc1. The van der Waals surface area contributed by atoms with Crippen LogP contribution in [0.25, 0.3) is 10.4 Å². The third-order valence-electron chi connectivity index (χ3n) is 2.96.